The van der Waals surface area contributed by atoms with Gasteiger partial charge in [-0.05, 0) is 12.8 Å². The monoisotopic (exact) mass is 133 g/mol. The van der Waals surface area contributed by atoms with Crippen molar-refractivity contribution in [3.05, 3.63) is 0 Å². The summed E-state index contributed by atoms with van der Waals surface area (Å²) in [6, 6.07) is 0.314. The van der Waals surface area contributed by atoms with E-state index < -0.39 is 0 Å². The topological polar surface area (TPSA) is 55.5 Å². The van der Waals surface area contributed by atoms with Crippen molar-refractivity contribution in [2.75, 3.05) is 20.3 Å². The summed E-state index contributed by atoms with van der Waals surface area (Å²) in [6.07, 6.45) is 2.28. The van der Waals surface area contributed by atoms with Gasteiger partial charge in [0.2, 0.25) is 0 Å². The Balaban J connectivity index is 0.000000291. The molecular formula is C6H15NO2. The fraction of sp³-hybridized carbons (Fsp3) is 1.00. The van der Waals surface area contributed by atoms with Crippen LogP contribution in [-0.2, 0) is 4.74 Å². The number of rotatable bonds is 0. The Morgan fingerprint density at radius 3 is 2.44 bits per heavy atom. The van der Waals surface area contributed by atoms with Gasteiger partial charge in [-0.1, -0.05) is 0 Å². The smallest absolute Gasteiger partial charge is 0.0617 e. The minimum atomic E-state index is 0.314. The Bertz CT molecular complexity index is 53.0. The maximum Gasteiger partial charge on any atom is 0.0617 e. The second-order valence-electron chi connectivity index (χ2n) is 1.98. The van der Waals surface area contributed by atoms with E-state index in [0.29, 0.717) is 6.04 Å². The Morgan fingerprint density at radius 2 is 2.22 bits per heavy atom. The first-order valence-electron chi connectivity index (χ1n) is 3.17. The summed E-state index contributed by atoms with van der Waals surface area (Å²) < 4.78 is 5.06. The second-order valence-corrected chi connectivity index (χ2v) is 1.98. The summed E-state index contributed by atoms with van der Waals surface area (Å²) in [5.74, 6) is 0. The van der Waals surface area contributed by atoms with Crippen molar-refractivity contribution in [1.82, 2.24) is 0 Å². The predicted molar refractivity (Wildman–Crippen MR) is 36.2 cm³/mol. The van der Waals surface area contributed by atoms with Crippen LogP contribution >= 0.6 is 0 Å². The van der Waals surface area contributed by atoms with Crippen LogP contribution in [0.4, 0.5) is 0 Å². The van der Waals surface area contributed by atoms with Crippen LogP contribution in [0, 0.1) is 0 Å². The Labute approximate surface area is 55.8 Å². The van der Waals surface area contributed by atoms with E-state index in [2.05, 4.69) is 0 Å². The van der Waals surface area contributed by atoms with E-state index in [4.69, 9.17) is 15.6 Å². The summed E-state index contributed by atoms with van der Waals surface area (Å²) in [5.41, 5.74) is 5.51. The van der Waals surface area contributed by atoms with E-state index in [1.807, 2.05) is 0 Å². The van der Waals surface area contributed by atoms with E-state index in [0.717, 1.165) is 33.2 Å². The summed E-state index contributed by atoms with van der Waals surface area (Å²) in [5, 5.41) is 7.00. The molecule has 0 aliphatic carbocycles. The second kappa shape index (κ2) is 6.01. The number of nitrogens with two attached hydrogens (primary N) is 1. The molecule has 0 aromatic carbocycles. The van der Waals surface area contributed by atoms with Gasteiger partial charge in [-0.15, -0.1) is 0 Å². The van der Waals surface area contributed by atoms with E-state index in [-0.39, 0.29) is 0 Å². The fourth-order valence-electron chi connectivity index (χ4n) is 0.766. The fourth-order valence-corrected chi connectivity index (χ4v) is 0.766. The number of hydrogen-bond acceptors (Lipinski definition) is 3. The highest BCUT2D eigenvalue weighted by Crippen LogP contribution is 2.01. The minimum absolute atomic E-state index is 0.314. The highest BCUT2D eigenvalue weighted by atomic mass is 16.5. The Morgan fingerprint density at radius 1 is 1.56 bits per heavy atom. The van der Waals surface area contributed by atoms with Crippen molar-refractivity contribution >= 4 is 0 Å². The molecule has 3 N–H and O–H groups in total. The lowest BCUT2D eigenvalue weighted by atomic mass is 10.1. The number of hydrogen-bond donors (Lipinski definition) is 2. The first kappa shape index (κ1) is 8.88. The third-order valence-corrected chi connectivity index (χ3v) is 1.20. The molecule has 0 amide bonds. The van der Waals surface area contributed by atoms with Gasteiger partial charge in [0.05, 0.1) is 6.61 Å². The molecule has 1 saturated heterocycles. The lowest BCUT2D eigenvalue weighted by Gasteiger charge is -2.16. The number of aliphatic hydroxyl groups excluding tert-OH is 1. The third kappa shape index (κ3) is 4.39. The van der Waals surface area contributed by atoms with Crippen molar-refractivity contribution in [3.63, 3.8) is 0 Å². The van der Waals surface area contributed by atoms with Crippen molar-refractivity contribution in [2.24, 2.45) is 5.73 Å². The van der Waals surface area contributed by atoms with Crippen LogP contribution in [0.5, 0.6) is 0 Å². The first-order valence-corrected chi connectivity index (χ1v) is 3.17. The van der Waals surface area contributed by atoms with Gasteiger partial charge in [0.25, 0.3) is 0 Å². The molecule has 1 aliphatic rings. The first-order chi connectivity index (χ1) is 4.39. The van der Waals surface area contributed by atoms with Crippen LogP contribution in [0.15, 0.2) is 0 Å². The van der Waals surface area contributed by atoms with Crippen molar-refractivity contribution < 1.29 is 9.84 Å². The van der Waals surface area contributed by atoms with Crippen LogP contribution in [0.1, 0.15) is 12.8 Å². The highest BCUT2D eigenvalue weighted by molar-refractivity contribution is 4.63. The molecule has 0 aromatic rings. The highest BCUT2D eigenvalue weighted by Gasteiger charge is 2.06. The summed E-state index contributed by atoms with van der Waals surface area (Å²) in [4.78, 5) is 0. The Hall–Kier alpha value is -0.120. The largest absolute Gasteiger partial charge is 0.400 e. The zero-order valence-electron chi connectivity index (χ0n) is 5.84. The van der Waals surface area contributed by atoms with Crippen LogP contribution in [-0.4, -0.2) is 31.5 Å². The molecule has 1 heterocycles. The molecular weight excluding hydrogens is 118 g/mol. The quantitative estimate of drug-likeness (QED) is 0.478. The normalized spacial score (nSPS) is 26.3. The van der Waals surface area contributed by atoms with Gasteiger partial charge >= 0.3 is 0 Å². The zero-order chi connectivity index (χ0) is 7.11. The van der Waals surface area contributed by atoms with Gasteiger partial charge in [-0.25, -0.2) is 0 Å². The van der Waals surface area contributed by atoms with E-state index in [1.54, 1.807) is 0 Å². The molecule has 1 rings (SSSR count). The van der Waals surface area contributed by atoms with Gasteiger partial charge in [-0.3, -0.25) is 0 Å². The molecule has 1 aliphatic heterocycles. The van der Waals surface area contributed by atoms with Crippen molar-refractivity contribution in [3.8, 4) is 0 Å². The number of ether oxygens (including phenoxy) is 1. The van der Waals surface area contributed by atoms with Gasteiger partial charge in [0.15, 0.2) is 0 Å². The summed E-state index contributed by atoms with van der Waals surface area (Å²) in [6.45, 7) is 1.67. The standard InChI is InChI=1S/C5H11NO.CH4O/c6-5-2-1-3-7-4-5;1-2/h5H,1-4,6H2;2H,1H3. The van der Waals surface area contributed by atoms with Gasteiger partial charge < -0.3 is 15.6 Å². The molecule has 0 saturated carbocycles. The van der Waals surface area contributed by atoms with Gasteiger partial charge in [0, 0.05) is 19.8 Å². The molecule has 3 nitrogen and oxygen atoms in total. The minimum Gasteiger partial charge on any atom is -0.400 e. The van der Waals surface area contributed by atoms with Crippen LogP contribution < -0.4 is 5.73 Å². The van der Waals surface area contributed by atoms with Crippen molar-refractivity contribution in [1.29, 1.82) is 0 Å². The number of aliphatic hydroxyl groups is 1. The lowest BCUT2D eigenvalue weighted by molar-refractivity contribution is 0.0822. The third-order valence-electron chi connectivity index (χ3n) is 1.20. The summed E-state index contributed by atoms with van der Waals surface area (Å²) >= 11 is 0. The van der Waals surface area contributed by atoms with Crippen LogP contribution in [0.2, 0.25) is 0 Å². The van der Waals surface area contributed by atoms with Gasteiger partial charge in [-0.2, -0.15) is 0 Å². The van der Waals surface area contributed by atoms with E-state index in [9.17, 15) is 0 Å². The van der Waals surface area contributed by atoms with Gasteiger partial charge in [0.1, 0.15) is 0 Å². The maximum absolute atomic E-state index is 7.00. The van der Waals surface area contributed by atoms with Crippen LogP contribution in [0.3, 0.4) is 0 Å². The van der Waals surface area contributed by atoms with E-state index in [1.165, 1.54) is 0 Å². The molecule has 1 fully saturated rings. The average Bonchev–Trinajstić information content (AvgIpc) is 1.94. The predicted octanol–water partition coefficient (Wildman–Crippen LogP) is -0.267. The lowest BCUT2D eigenvalue weighted by Crippen LogP contribution is -2.30. The molecule has 9 heavy (non-hydrogen) atoms. The molecule has 56 valence electrons. The maximum atomic E-state index is 7.00. The SMILES string of the molecule is CO.NC1CCCOC1. The molecule has 0 bridgehead atoms. The molecule has 0 radical (unpaired) electrons. The zero-order valence-corrected chi connectivity index (χ0v) is 5.84. The van der Waals surface area contributed by atoms with Crippen LogP contribution in [0.25, 0.3) is 0 Å². The van der Waals surface area contributed by atoms with E-state index >= 15 is 0 Å². The average molecular weight is 133 g/mol. The molecule has 1 atom stereocenters. The molecule has 0 spiro atoms. The molecule has 3 heteroatoms. The van der Waals surface area contributed by atoms with Crippen molar-refractivity contribution in [2.45, 2.75) is 18.9 Å². The Kier molecular flexibility index (Phi) is 5.93. The molecule has 1 unspecified atom stereocenters. The molecule has 0 aromatic heterocycles. The summed E-state index contributed by atoms with van der Waals surface area (Å²) in [7, 11) is 1.00.